The molecular formula is C113H63N3. The molecular weight excluding hydrogens is 1400 g/mol. The second-order valence-corrected chi connectivity index (χ2v) is 31.8. The summed E-state index contributed by atoms with van der Waals surface area (Å²) in [4.78, 5) is 17.0. The van der Waals surface area contributed by atoms with Crippen LogP contribution in [0.15, 0.2) is 382 Å². The van der Waals surface area contributed by atoms with Gasteiger partial charge in [-0.15, -0.1) is 0 Å². The van der Waals surface area contributed by atoms with Gasteiger partial charge in [-0.2, -0.15) is 0 Å². The molecule has 0 saturated heterocycles. The van der Waals surface area contributed by atoms with E-state index in [0.717, 1.165) is 77.3 Å². The van der Waals surface area contributed by atoms with Crippen molar-refractivity contribution in [1.29, 1.82) is 0 Å². The Hall–Kier alpha value is -15.3. The number of benzene rings is 23. The van der Waals surface area contributed by atoms with E-state index >= 15 is 0 Å². The molecule has 26 aromatic rings. The standard InChI is InChI=1S/C113H63N3/c1-3-23-73-64(21-1)45-50-89-75-25-5-8-28-78(75)103-63-99(83-33-13-18-38-88(83)110(103)109(73)89)106-54-48-70-58-93(84-34-14-19-39-91(84)112(70)116-106)68-44-43-67-56-100-96(60-72(67)55-68)77-27-7-10-30-80(77)102-62-98(82-32-12-17-37-87(82)108(100)102)105-53-49-71-59-94(85-35-15-20-40-92(85)113(71)115-105)69-46-51-90-95(57-69)76-26-6-9-29-79(76)101-61-97(81-31-11-16-36-86(81)107(90)101)104-52-47-66-42-41-65-22-2-4-24-74(65)111(66)114-104/h1-63H. The molecule has 26 rings (SSSR count). The van der Waals surface area contributed by atoms with Crippen molar-refractivity contribution < 1.29 is 0 Å². The van der Waals surface area contributed by atoms with Crippen LogP contribution in [0.1, 0.15) is 0 Å². The quantitative estimate of drug-likeness (QED) is 0.127. The Morgan fingerprint density at radius 2 is 0.405 bits per heavy atom. The zero-order valence-electron chi connectivity index (χ0n) is 62.7. The van der Waals surface area contributed by atoms with Crippen LogP contribution in [0.2, 0.25) is 0 Å². The summed E-state index contributed by atoms with van der Waals surface area (Å²) >= 11 is 0. The summed E-state index contributed by atoms with van der Waals surface area (Å²) in [6.07, 6.45) is 0. The van der Waals surface area contributed by atoms with Gasteiger partial charge in [-0.3, -0.25) is 0 Å². The van der Waals surface area contributed by atoms with E-state index in [1.54, 1.807) is 0 Å². The summed E-state index contributed by atoms with van der Waals surface area (Å²) in [5, 5.41) is 44.8. The zero-order valence-corrected chi connectivity index (χ0v) is 62.7. The molecule has 0 amide bonds. The van der Waals surface area contributed by atoms with Gasteiger partial charge in [0.05, 0.1) is 33.6 Å². The molecule has 3 heterocycles. The van der Waals surface area contributed by atoms with Gasteiger partial charge in [0.2, 0.25) is 0 Å². The number of aromatic nitrogens is 3. The second-order valence-electron chi connectivity index (χ2n) is 31.8. The minimum absolute atomic E-state index is 0.945. The van der Waals surface area contributed by atoms with E-state index in [0.29, 0.717) is 0 Å². The largest absolute Gasteiger partial charge is 0.247 e. The van der Waals surface area contributed by atoms with Gasteiger partial charge in [0, 0.05) is 49.0 Å². The summed E-state index contributed by atoms with van der Waals surface area (Å²) in [5.41, 5.74) is 14.0. The average Bonchev–Trinajstić information content (AvgIpc) is 0.715. The predicted octanol–water partition coefficient (Wildman–Crippen LogP) is 31.3. The van der Waals surface area contributed by atoms with Gasteiger partial charge in [0.15, 0.2) is 0 Å². The molecule has 3 heteroatoms. The van der Waals surface area contributed by atoms with Crippen molar-refractivity contribution >= 4 is 216 Å². The van der Waals surface area contributed by atoms with E-state index in [1.807, 2.05) is 0 Å². The third-order valence-electron chi connectivity index (χ3n) is 25.8. The van der Waals surface area contributed by atoms with Crippen molar-refractivity contribution in [3.63, 3.8) is 0 Å². The van der Waals surface area contributed by atoms with Crippen molar-refractivity contribution in [3.05, 3.63) is 382 Å². The van der Waals surface area contributed by atoms with E-state index in [-0.39, 0.29) is 0 Å². The molecule has 0 fully saturated rings. The van der Waals surface area contributed by atoms with E-state index in [2.05, 4.69) is 382 Å². The van der Waals surface area contributed by atoms with Gasteiger partial charge in [0.1, 0.15) is 0 Å². The molecule has 0 atom stereocenters. The fraction of sp³-hybridized carbons (Fsp3) is 0. The third kappa shape index (κ3) is 9.11. The van der Waals surface area contributed by atoms with Gasteiger partial charge in [-0.25, -0.2) is 15.0 Å². The highest BCUT2D eigenvalue weighted by Gasteiger charge is 2.24. The number of fused-ring (bicyclic) bond motifs is 36. The van der Waals surface area contributed by atoms with Gasteiger partial charge < -0.3 is 0 Å². The summed E-state index contributed by atoms with van der Waals surface area (Å²) in [5.74, 6) is 0. The molecule has 116 heavy (non-hydrogen) atoms. The summed E-state index contributed by atoms with van der Waals surface area (Å²) in [7, 11) is 0. The maximum atomic E-state index is 5.78. The Balaban J connectivity index is 0.587. The Kier molecular flexibility index (Phi) is 13.2. The van der Waals surface area contributed by atoms with Crippen molar-refractivity contribution in [2.75, 3.05) is 0 Å². The molecule has 3 aromatic heterocycles. The lowest BCUT2D eigenvalue weighted by Crippen LogP contribution is -1.93. The molecule has 0 aliphatic rings. The molecule has 3 nitrogen and oxygen atoms in total. The van der Waals surface area contributed by atoms with E-state index in [1.165, 1.54) is 195 Å². The molecule has 0 N–H and O–H groups in total. The second kappa shape index (κ2) is 24.1. The number of hydrogen-bond acceptors (Lipinski definition) is 3. The Labute approximate surface area is 664 Å². The van der Waals surface area contributed by atoms with Crippen LogP contribution in [0.4, 0.5) is 0 Å². The first-order valence-electron chi connectivity index (χ1n) is 40.2. The first-order chi connectivity index (χ1) is 57.5. The molecule has 0 spiro atoms. The highest BCUT2D eigenvalue weighted by atomic mass is 14.7. The van der Waals surface area contributed by atoms with E-state index in [9.17, 15) is 0 Å². The van der Waals surface area contributed by atoms with Crippen LogP contribution in [-0.2, 0) is 0 Å². The molecule has 0 saturated carbocycles. The number of hydrogen-bond donors (Lipinski definition) is 0. The van der Waals surface area contributed by atoms with Crippen molar-refractivity contribution in [1.82, 2.24) is 15.0 Å². The lowest BCUT2D eigenvalue weighted by Gasteiger charge is -2.18. The molecule has 530 valence electrons. The fourth-order valence-corrected chi connectivity index (χ4v) is 20.6. The van der Waals surface area contributed by atoms with E-state index in [4.69, 9.17) is 15.0 Å². The SMILES string of the molecule is c1ccc2c(c1)ccc1ccc(-c3cc4c5ccccc5c5cc(-c6cc7ccc(-c8cc9c%10ccccc%10c%10cc%11cc(-c%12cc%13ccc(-c%14cc%15c%16ccccc%16c%16ccc%17ccccc%17c%16c%15c%15ccccc%14%15)nc%13c%13ccccc%12%13)ccc%11cc%10c9c9ccccc89)nc7c7ccccc67)ccc5c4c4ccccc34)nc12. The maximum Gasteiger partial charge on any atom is 0.0788 e. The molecule has 23 aromatic carbocycles. The van der Waals surface area contributed by atoms with Crippen LogP contribution in [0.5, 0.6) is 0 Å². The summed E-state index contributed by atoms with van der Waals surface area (Å²) in [6, 6.07) is 143. The molecule has 0 radical (unpaired) electrons. The lowest BCUT2D eigenvalue weighted by atomic mass is 9.86. The topological polar surface area (TPSA) is 38.7 Å². The van der Waals surface area contributed by atoms with Crippen LogP contribution in [0.25, 0.3) is 272 Å². The molecule has 0 bridgehead atoms. The highest BCUT2D eigenvalue weighted by Crippen LogP contribution is 2.51. The average molecular weight is 1460 g/mol. The van der Waals surface area contributed by atoms with Gasteiger partial charge >= 0.3 is 0 Å². The number of rotatable bonds is 5. The van der Waals surface area contributed by atoms with Crippen LogP contribution < -0.4 is 0 Å². The first-order valence-corrected chi connectivity index (χ1v) is 40.2. The van der Waals surface area contributed by atoms with Gasteiger partial charge in [-0.1, -0.05) is 309 Å². The molecule has 0 unspecified atom stereocenters. The van der Waals surface area contributed by atoms with Crippen LogP contribution >= 0.6 is 0 Å². The van der Waals surface area contributed by atoms with Gasteiger partial charge in [0.25, 0.3) is 0 Å². The Morgan fingerprint density at radius 1 is 0.121 bits per heavy atom. The maximum absolute atomic E-state index is 5.78. The molecule has 0 aliphatic heterocycles. The van der Waals surface area contributed by atoms with Crippen LogP contribution in [0, 0.1) is 0 Å². The monoisotopic (exact) mass is 1460 g/mol. The highest BCUT2D eigenvalue weighted by molar-refractivity contribution is 6.39. The first kappa shape index (κ1) is 63.4. The number of pyridine rings is 3. The van der Waals surface area contributed by atoms with E-state index < -0.39 is 0 Å². The summed E-state index contributed by atoms with van der Waals surface area (Å²) in [6.45, 7) is 0. The van der Waals surface area contributed by atoms with Gasteiger partial charge in [-0.05, 0) is 262 Å². The lowest BCUT2D eigenvalue weighted by molar-refractivity contribution is 1.42. The van der Waals surface area contributed by atoms with Crippen LogP contribution in [0.3, 0.4) is 0 Å². The van der Waals surface area contributed by atoms with Crippen molar-refractivity contribution in [2.45, 2.75) is 0 Å². The Bertz CT molecular complexity index is 8980. The third-order valence-corrected chi connectivity index (χ3v) is 25.8. The predicted molar refractivity (Wildman–Crippen MR) is 497 cm³/mol. The smallest absolute Gasteiger partial charge is 0.0788 e. The molecule has 0 aliphatic carbocycles. The normalized spacial score (nSPS) is 12.3. The summed E-state index contributed by atoms with van der Waals surface area (Å²) < 4.78 is 0. The van der Waals surface area contributed by atoms with Crippen molar-refractivity contribution in [3.8, 4) is 56.0 Å². The Morgan fingerprint density at radius 3 is 0.931 bits per heavy atom. The minimum Gasteiger partial charge on any atom is -0.247 e. The minimum atomic E-state index is 0.945. The van der Waals surface area contributed by atoms with Crippen LogP contribution in [-0.4, -0.2) is 15.0 Å². The number of nitrogens with zero attached hydrogens (tertiary/aromatic N) is 3. The van der Waals surface area contributed by atoms with Crippen molar-refractivity contribution in [2.24, 2.45) is 0 Å². The zero-order chi connectivity index (χ0) is 75.5. The fourth-order valence-electron chi connectivity index (χ4n) is 20.6.